The molecule has 2 heterocycles. The molecule has 274 valence electrons. The molecule has 0 amide bonds. The van der Waals surface area contributed by atoms with Gasteiger partial charge in [-0.1, -0.05) is 115 Å². The lowest BCUT2D eigenvalue weighted by atomic mass is 10.0. The van der Waals surface area contributed by atoms with Crippen molar-refractivity contribution < 1.29 is 8.83 Å². The van der Waals surface area contributed by atoms with E-state index in [-0.39, 0.29) is 0 Å². The monoisotopic (exact) mass is 745 g/mol. The molecule has 0 spiro atoms. The van der Waals surface area contributed by atoms with Crippen LogP contribution >= 0.6 is 0 Å². The largest absolute Gasteiger partial charge is 0.456 e. The number of hydrogen-bond donors (Lipinski definition) is 0. The molecular formula is C53H35N3O2. The summed E-state index contributed by atoms with van der Waals surface area (Å²) in [7, 11) is 0. The third-order valence-corrected chi connectivity index (χ3v) is 10.8. The quantitative estimate of drug-likeness (QED) is 0.155. The number of hydrogen-bond acceptors (Lipinski definition) is 5. The molecule has 11 aromatic rings. The van der Waals surface area contributed by atoms with Gasteiger partial charge in [-0.3, -0.25) is 0 Å². The van der Waals surface area contributed by atoms with Gasteiger partial charge in [-0.2, -0.15) is 0 Å². The summed E-state index contributed by atoms with van der Waals surface area (Å²) in [6.45, 7) is 0. The van der Waals surface area contributed by atoms with Crippen LogP contribution in [0.1, 0.15) is 0 Å². The maximum atomic E-state index is 6.79. The second kappa shape index (κ2) is 14.0. The summed E-state index contributed by atoms with van der Waals surface area (Å²) in [5, 5.41) is 4.17. The molecule has 0 saturated carbocycles. The van der Waals surface area contributed by atoms with Crippen LogP contribution in [0.4, 0.5) is 34.1 Å². The molecule has 0 N–H and O–H groups in total. The molecule has 2 aromatic heterocycles. The van der Waals surface area contributed by atoms with Crippen molar-refractivity contribution in [1.29, 1.82) is 0 Å². The van der Waals surface area contributed by atoms with Gasteiger partial charge in [-0.15, -0.1) is 0 Å². The Balaban J connectivity index is 1.14. The fourth-order valence-corrected chi connectivity index (χ4v) is 8.10. The number of nitrogens with zero attached hydrogens (tertiary/aromatic N) is 3. The van der Waals surface area contributed by atoms with Crippen molar-refractivity contribution in [2.45, 2.75) is 0 Å². The summed E-state index contributed by atoms with van der Waals surface area (Å²) in [6, 6.07) is 73.9. The van der Waals surface area contributed by atoms with E-state index in [1.54, 1.807) is 0 Å². The number of fused-ring (bicyclic) bond motifs is 6. The first-order chi connectivity index (χ1) is 28.7. The zero-order valence-electron chi connectivity index (χ0n) is 31.4. The number of benzene rings is 9. The van der Waals surface area contributed by atoms with E-state index in [0.717, 1.165) is 89.1 Å². The van der Waals surface area contributed by atoms with Crippen molar-refractivity contribution in [3.05, 3.63) is 212 Å². The highest BCUT2D eigenvalue weighted by atomic mass is 16.3. The van der Waals surface area contributed by atoms with Gasteiger partial charge >= 0.3 is 0 Å². The number of para-hydroxylation sites is 3. The highest BCUT2D eigenvalue weighted by Gasteiger charge is 2.23. The third-order valence-electron chi connectivity index (χ3n) is 10.8. The van der Waals surface area contributed by atoms with Gasteiger partial charge in [0.1, 0.15) is 16.7 Å². The summed E-state index contributed by atoms with van der Waals surface area (Å²) >= 11 is 0. The van der Waals surface area contributed by atoms with E-state index >= 15 is 0 Å². The van der Waals surface area contributed by atoms with E-state index in [4.69, 9.17) is 13.8 Å². The first-order valence-corrected chi connectivity index (χ1v) is 19.5. The molecule has 0 atom stereocenters. The van der Waals surface area contributed by atoms with Gasteiger partial charge in [-0.05, 0) is 114 Å². The predicted octanol–water partition coefficient (Wildman–Crippen LogP) is 15.2. The van der Waals surface area contributed by atoms with Crippen molar-refractivity contribution in [1.82, 2.24) is 4.98 Å². The SMILES string of the molecule is c1ccc(-c2ccc(N(c3ccccc3)c3cc4cc(N(c5ccccc5)c5ccc6oc7ccccc7c6c5)ccc4c4oc(-c5ccccc5)nc34)cc2)cc1. The van der Waals surface area contributed by atoms with Crippen LogP contribution in [-0.4, -0.2) is 4.98 Å². The van der Waals surface area contributed by atoms with Crippen molar-refractivity contribution in [2.24, 2.45) is 0 Å². The molecule has 0 aliphatic heterocycles. The molecule has 0 aliphatic rings. The van der Waals surface area contributed by atoms with Crippen LogP contribution in [0.2, 0.25) is 0 Å². The topological polar surface area (TPSA) is 45.7 Å². The summed E-state index contributed by atoms with van der Waals surface area (Å²) in [5.74, 6) is 0.576. The Morgan fingerprint density at radius 3 is 1.60 bits per heavy atom. The molecule has 58 heavy (non-hydrogen) atoms. The fraction of sp³-hybridized carbons (Fsp3) is 0. The highest BCUT2D eigenvalue weighted by molar-refractivity contribution is 6.12. The summed E-state index contributed by atoms with van der Waals surface area (Å²) in [6.07, 6.45) is 0. The lowest BCUT2D eigenvalue weighted by Gasteiger charge is -2.27. The number of oxazole rings is 1. The van der Waals surface area contributed by atoms with Gasteiger partial charge in [0.25, 0.3) is 0 Å². The molecule has 0 fully saturated rings. The summed E-state index contributed by atoms with van der Waals surface area (Å²) < 4.78 is 13.0. The van der Waals surface area contributed by atoms with Crippen LogP contribution in [0.25, 0.3) is 66.4 Å². The van der Waals surface area contributed by atoms with Gasteiger partial charge in [0, 0.05) is 50.2 Å². The van der Waals surface area contributed by atoms with Crippen molar-refractivity contribution in [2.75, 3.05) is 9.80 Å². The molecule has 11 rings (SSSR count). The van der Waals surface area contributed by atoms with E-state index in [1.165, 1.54) is 5.56 Å². The maximum Gasteiger partial charge on any atom is 0.227 e. The first kappa shape index (κ1) is 33.4. The van der Waals surface area contributed by atoms with E-state index in [1.807, 2.05) is 54.6 Å². The second-order valence-electron chi connectivity index (χ2n) is 14.4. The van der Waals surface area contributed by atoms with Crippen LogP contribution in [0.5, 0.6) is 0 Å². The van der Waals surface area contributed by atoms with Crippen LogP contribution in [0.3, 0.4) is 0 Å². The smallest absolute Gasteiger partial charge is 0.227 e. The molecule has 0 unspecified atom stereocenters. The summed E-state index contributed by atoms with van der Waals surface area (Å²) in [4.78, 5) is 9.83. The lowest BCUT2D eigenvalue weighted by molar-refractivity contribution is 0.623. The standard InChI is InChI=1S/C53H35N3O2/c1-5-15-36(16-6-1)37-25-27-42(28-26-37)56(41-21-11-4-12-22-41)48-34-39-33-43(29-31-45(39)52-51(48)54-53(58-52)38-17-7-2-8-18-38)55(40-19-9-3-10-20-40)44-30-32-50-47(35-44)46-23-13-14-24-49(46)57-50/h1-35H. The van der Waals surface area contributed by atoms with Crippen LogP contribution in [0, 0.1) is 0 Å². The fourth-order valence-electron chi connectivity index (χ4n) is 8.10. The van der Waals surface area contributed by atoms with Crippen LogP contribution in [-0.2, 0) is 0 Å². The minimum Gasteiger partial charge on any atom is -0.456 e. The molecule has 5 nitrogen and oxygen atoms in total. The average molecular weight is 746 g/mol. The van der Waals surface area contributed by atoms with Gasteiger partial charge in [0.15, 0.2) is 5.58 Å². The number of furan rings is 1. The van der Waals surface area contributed by atoms with Gasteiger partial charge < -0.3 is 18.6 Å². The second-order valence-corrected chi connectivity index (χ2v) is 14.4. The molecule has 0 bridgehead atoms. The minimum atomic E-state index is 0.576. The lowest BCUT2D eigenvalue weighted by Crippen LogP contribution is -2.11. The summed E-state index contributed by atoms with van der Waals surface area (Å²) in [5.41, 5.74) is 12.5. The Morgan fingerprint density at radius 1 is 0.345 bits per heavy atom. The van der Waals surface area contributed by atoms with Crippen molar-refractivity contribution >= 4 is 77.9 Å². The Bertz CT molecular complexity index is 3210. The zero-order valence-corrected chi connectivity index (χ0v) is 31.4. The molecule has 0 aliphatic carbocycles. The van der Waals surface area contributed by atoms with Crippen LogP contribution in [0.15, 0.2) is 221 Å². The van der Waals surface area contributed by atoms with Crippen molar-refractivity contribution in [3.8, 4) is 22.6 Å². The number of anilines is 6. The van der Waals surface area contributed by atoms with Crippen molar-refractivity contribution in [3.63, 3.8) is 0 Å². The normalized spacial score (nSPS) is 11.4. The first-order valence-electron chi connectivity index (χ1n) is 19.5. The number of rotatable bonds is 8. The highest BCUT2D eigenvalue weighted by Crippen LogP contribution is 2.46. The molecule has 0 radical (unpaired) electrons. The van der Waals surface area contributed by atoms with E-state index in [2.05, 4.69) is 168 Å². The van der Waals surface area contributed by atoms with Gasteiger partial charge in [-0.25, -0.2) is 4.98 Å². The maximum absolute atomic E-state index is 6.79. The molecule has 5 heteroatoms. The predicted molar refractivity (Wildman–Crippen MR) is 239 cm³/mol. The van der Waals surface area contributed by atoms with Gasteiger partial charge in [0.05, 0.1) is 5.69 Å². The van der Waals surface area contributed by atoms with E-state index in [9.17, 15) is 0 Å². The Morgan fingerprint density at radius 2 is 0.879 bits per heavy atom. The third kappa shape index (κ3) is 5.85. The van der Waals surface area contributed by atoms with E-state index in [0.29, 0.717) is 5.89 Å². The van der Waals surface area contributed by atoms with Crippen LogP contribution < -0.4 is 9.80 Å². The van der Waals surface area contributed by atoms with E-state index < -0.39 is 0 Å². The molecule has 9 aromatic carbocycles. The Kier molecular flexibility index (Phi) is 8.07. The molecule has 0 saturated heterocycles. The average Bonchev–Trinajstić information content (AvgIpc) is 3.91. The zero-order chi connectivity index (χ0) is 38.4. The molecular weight excluding hydrogens is 711 g/mol. The van der Waals surface area contributed by atoms with Gasteiger partial charge in [0.2, 0.25) is 5.89 Å². The number of aromatic nitrogens is 1. The Labute approximate surface area is 335 Å². The minimum absolute atomic E-state index is 0.576. The Hall–Kier alpha value is -7.89.